The van der Waals surface area contributed by atoms with E-state index >= 15 is 0 Å². The van der Waals surface area contributed by atoms with Gasteiger partial charge in [-0.2, -0.15) is 0 Å². The minimum atomic E-state index is -0.643. The molecule has 1 heterocycles. The third kappa shape index (κ3) is 3.57. The van der Waals surface area contributed by atoms with Gasteiger partial charge in [-0.15, -0.1) is 11.8 Å². The second-order valence-corrected chi connectivity index (χ2v) is 7.11. The minimum absolute atomic E-state index is 0.617. The molecule has 17 heavy (non-hydrogen) atoms. The summed E-state index contributed by atoms with van der Waals surface area (Å²) in [5.41, 5.74) is 1.47. The van der Waals surface area contributed by atoms with E-state index in [1.54, 1.807) is 0 Å². The fraction of sp³-hybridized carbons (Fsp3) is 0.538. The Morgan fingerprint density at radius 3 is 3.12 bits per heavy atom. The summed E-state index contributed by atoms with van der Waals surface area (Å²) in [5.74, 6) is 3.33. The maximum Gasteiger partial charge on any atom is 0.0359 e. The lowest BCUT2D eigenvalue weighted by Crippen LogP contribution is -2.26. The fourth-order valence-corrected chi connectivity index (χ4v) is 3.92. The molecular weight excluding hydrogens is 250 g/mol. The van der Waals surface area contributed by atoms with Crippen molar-refractivity contribution in [3.8, 4) is 0 Å². The third-order valence-electron chi connectivity index (χ3n) is 3.02. The molecule has 0 saturated carbocycles. The average Bonchev–Trinajstić information content (AvgIpc) is 2.78. The Morgan fingerprint density at radius 1 is 1.47 bits per heavy atom. The molecule has 1 aromatic rings. The average molecular weight is 269 g/mol. The second-order valence-electron chi connectivity index (χ2n) is 4.18. The van der Waals surface area contributed by atoms with Crippen LogP contribution >= 0.6 is 11.8 Å². The smallest absolute Gasteiger partial charge is 0.0359 e. The van der Waals surface area contributed by atoms with Gasteiger partial charge in [0.25, 0.3) is 0 Å². The van der Waals surface area contributed by atoms with Crippen molar-refractivity contribution in [1.29, 1.82) is 0 Å². The Kier molecular flexibility index (Phi) is 5.07. The van der Waals surface area contributed by atoms with E-state index in [-0.39, 0.29) is 0 Å². The van der Waals surface area contributed by atoms with Gasteiger partial charge in [0.05, 0.1) is 0 Å². The molecular formula is C13H19NOS2. The lowest BCUT2D eigenvalue weighted by Gasteiger charge is -2.11. The van der Waals surface area contributed by atoms with Crippen LogP contribution in [0.25, 0.3) is 0 Å². The normalized spacial score (nSPS) is 20.2. The van der Waals surface area contributed by atoms with Gasteiger partial charge in [0, 0.05) is 52.0 Å². The molecule has 1 N–H and O–H groups in total. The summed E-state index contributed by atoms with van der Waals surface area (Å²) in [5, 5.41) is 3.43. The molecule has 94 valence electrons. The van der Waals surface area contributed by atoms with Crippen LogP contribution in [0.2, 0.25) is 0 Å². The van der Waals surface area contributed by atoms with Gasteiger partial charge < -0.3 is 5.32 Å². The molecule has 1 aliphatic heterocycles. The number of benzene rings is 1. The highest BCUT2D eigenvalue weighted by molar-refractivity contribution is 7.99. The van der Waals surface area contributed by atoms with E-state index in [1.165, 1.54) is 16.2 Å². The summed E-state index contributed by atoms with van der Waals surface area (Å²) in [6.45, 7) is 3.84. The van der Waals surface area contributed by atoms with Gasteiger partial charge in [0.1, 0.15) is 0 Å². The first-order valence-corrected chi connectivity index (χ1v) is 8.56. The molecule has 0 aromatic heterocycles. The van der Waals surface area contributed by atoms with Gasteiger partial charge in [-0.3, -0.25) is 4.21 Å². The van der Waals surface area contributed by atoms with Crippen LogP contribution in [0.3, 0.4) is 0 Å². The van der Waals surface area contributed by atoms with Crippen LogP contribution in [0.1, 0.15) is 18.4 Å². The topological polar surface area (TPSA) is 29.1 Å². The summed E-state index contributed by atoms with van der Waals surface area (Å²) >= 11 is 1.94. The largest absolute Gasteiger partial charge is 0.315 e. The summed E-state index contributed by atoms with van der Waals surface area (Å²) in [6, 6.07) is 8.65. The number of thioether (sulfide) groups is 1. The van der Waals surface area contributed by atoms with Crippen LogP contribution in [-0.2, 0) is 10.8 Å². The van der Waals surface area contributed by atoms with Crippen LogP contribution < -0.4 is 5.32 Å². The SMILES string of the molecule is CCS(=O)CCNCC1CSc2ccccc21. The number of fused-ring (bicyclic) bond motifs is 1. The lowest BCUT2D eigenvalue weighted by molar-refractivity contribution is 0.637. The highest BCUT2D eigenvalue weighted by Gasteiger charge is 2.21. The number of rotatable bonds is 6. The summed E-state index contributed by atoms with van der Waals surface area (Å²) in [4.78, 5) is 1.43. The zero-order chi connectivity index (χ0) is 12.1. The first-order chi connectivity index (χ1) is 8.31. The molecule has 0 aliphatic carbocycles. The molecule has 4 heteroatoms. The molecule has 0 amide bonds. The Morgan fingerprint density at radius 2 is 2.29 bits per heavy atom. The van der Waals surface area contributed by atoms with Crippen LogP contribution in [0.5, 0.6) is 0 Å². The van der Waals surface area contributed by atoms with Crippen molar-refractivity contribution >= 4 is 22.6 Å². The second kappa shape index (κ2) is 6.57. The molecule has 2 unspecified atom stereocenters. The van der Waals surface area contributed by atoms with E-state index in [4.69, 9.17) is 0 Å². The Hall–Kier alpha value is -0.320. The lowest BCUT2D eigenvalue weighted by atomic mass is 10.0. The zero-order valence-electron chi connectivity index (χ0n) is 10.1. The quantitative estimate of drug-likeness (QED) is 0.803. The van der Waals surface area contributed by atoms with E-state index in [1.807, 2.05) is 18.7 Å². The highest BCUT2D eigenvalue weighted by Crippen LogP contribution is 2.38. The molecule has 2 nitrogen and oxygen atoms in total. The van der Waals surface area contributed by atoms with Gasteiger partial charge in [-0.05, 0) is 11.6 Å². The molecule has 1 aliphatic rings. The molecule has 0 bridgehead atoms. The number of nitrogens with one attached hydrogen (secondary N) is 1. The third-order valence-corrected chi connectivity index (χ3v) is 5.57. The first-order valence-electron chi connectivity index (χ1n) is 6.08. The van der Waals surface area contributed by atoms with Crippen molar-refractivity contribution in [2.24, 2.45) is 0 Å². The van der Waals surface area contributed by atoms with Gasteiger partial charge in [0.15, 0.2) is 0 Å². The maximum atomic E-state index is 11.3. The van der Waals surface area contributed by atoms with Crippen LogP contribution in [0, 0.1) is 0 Å². The molecule has 0 radical (unpaired) electrons. The van der Waals surface area contributed by atoms with E-state index in [0.717, 1.165) is 24.6 Å². The van der Waals surface area contributed by atoms with Gasteiger partial charge in [-0.1, -0.05) is 25.1 Å². The number of hydrogen-bond donors (Lipinski definition) is 1. The number of hydrogen-bond acceptors (Lipinski definition) is 3. The fourth-order valence-electron chi connectivity index (χ4n) is 2.00. The van der Waals surface area contributed by atoms with Crippen LogP contribution in [0.4, 0.5) is 0 Å². The van der Waals surface area contributed by atoms with E-state index in [9.17, 15) is 4.21 Å². The van der Waals surface area contributed by atoms with Crippen molar-refractivity contribution in [3.05, 3.63) is 29.8 Å². The van der Waals surface area contributed by atoms with Crippen molar-refractivity contribution in [3.63, 3.8) is 0 Å². The highest BCUT2D eigenvalue weighted by atomic mass is 32.2. The Labute approximate surface area is 110 Å². The van der Waals surface area contributed by atoms with E-state index < -0.39 is 10.8 Å². The van der Waals surface area contributed by atoms with Crippen molar-refractivity contribution in [2.75, 3.05) is 30.3 Å². The summed E-state index contributed by atoms with van der Waals surface area (Å²) < 4.78 is 11.3. The van der Waals surface area contributed by atoms with E-state index in [2.05, 4.69) is 29.6 Å². The molecule has 2 atom stereocenters. The van der Waals surface area contributed by atoms with E-state index in [0.29, 0.717) is 5.92 Å². The van der Waals surface area contributed by atoms with Gasteiger partial charge >= 0.3 is 0 Å². The Balaban J connectivity index is 1.76. The molecule has 2 rings (SSSR count). The standard InChI is InChI=1S/C13H19NOS2/c1-2-17(15)8-7-14-9-11-10-16-13-6-4-3-5-12(11)13/h3-6,11,14H,2,7-10H2,1H3. The van der Waals surface area contributed by atoms with Gasteiger partial charge in [0.2, 0.25) is 0 Å². The maximum absolute atomic E-state index is 11.3. The molecule has 1 aromatic carbocycles. The monoisotopic (exact) mass is 269 g/mol. The van der Waals surface area contributed by atoms with Crippen molar-refractivity contribution in [2.45, 2.75) is 17.7 Å². The molecule has 0 fully saturated rings. The van der Waals surface area contributed by atoms with Crippen LogP contribution in [0.15, 0.2) is 29.2 Å². The summed E-state index contributed by atoms with van der Waals surface area (Å²) in [7, 11) is -0.643. The predicted octanol–water partition coefficient (Wildman–Crippen LogP) is 2.23. The van der Waals surface area contributed by atoms with Crippen LogP contribution in [-0.4, -0.2) is 34.6 Å². The summed E-state index contributed by atoms with van der Waals surface area (Å²) in [6.07, 6.45) is 0. The molecule has 0 spiro atoms. The predicted molar refractivity (Wildman–Crippen MR) is 76.3 cm³/mol. The molecule has 0 saturated heterocycles. The van der Waals surface area contributed by atoms with Crippen molar-refractivity contribution in [1.82, 2.24) is 5.32 Å². The Bertz CT molecular complexity index is 395. The first kappa shape index (κ1) is 13.1. The zero-order valence-corrected chi connectivity index (χ0v) is 11.8. The minimum Gasteiger partial charge on any atom is -0.315 e. The van der Waals surface area contributed by atoms with Gasteiger partial charge in [-0.25, -0.2) is 0 Å². The van der Waals surface area contributed by atoms with Crippen molar-refractivity contribution < 1.29 is 4.21 Å².